The number of fused-ring (bicyclic) bond motifs is 1. The number of phenolic OH excluding ortho intramolecular Hbond substituents is 1. The molecule has 5 heteroatoms. The number of phenols is 1. The molecule has 1 aromatic carbocycles. The maximum atomic E-state index is 12.7. The Morgan fingerprint density at radius 2 is 1.96 bits per heavy atom. The number of nitrogens with zero attached hydrogens (tertiary/aromatic N) is 1. The molecule has 2 fully saturated rings. The van der Waals surface area contributed by atoms with E-state index in [0.29, 0.717) is 12.3 Å². The number of aromatic hydroxyl groups is 1. The molecule has 128 valence electrons. The minimum Gasteiger partial charge on any atom is -0.508 e. The molecule has 24 heavy (non-hydrogen) atoms. The van der Waals surface area contributed by atoms with Crippen molar-refractivity contribution >= 4 is 11.8 Å². The molecular formula is C19H24N2O3. The van der Waals surface area contributed by atoms with Gasteiger partial charge in [0.05, 0.1) is 12.0 Å². The van der Waals surface area contributed by atoms with Crippen molar-refractivity contribution in [3.63, 3.8) is 0 Å². The van der Waals surface area contributed by atoms with E-state index in [1.165, 1.54) is 0 Å². The van der Waals surface area contributed by atoms with Gasteiger partial charge in [0.25, 0.3) is 0 Å². The molecule has 2 N–H and O–H groups in total. The van der Waals surface area contributed by atoms with Crippen LogP contribution in [0, 0.1) is 11.8 Å². The van der Waals surface area contributed by atoms with Crippen LogP contribution in [-0.2, 0) is 16.0 Å². The zero-order chi connectivity index (χ0) is 16.7. The highest BCUT2D eigenvalue weighted by molar-refractivity contribution is 5.83. The van der Waals surface area contributed by atoms with Gasteiger partial charge in [-0.15, -0.1) is 0 Å². The normalized spacial score (nSPS) is 26.1. The van der Waals surface area contributed by atoms with Crippen LogP contribution in [0.15, 0.2) is 18.2 Å². The number of likely N-dealkylation sites (tertiary alicyclic amines) is 1. The van der Waals surface area contributed by atoms with Crippen molar-refractivity contribution in [2.24, 2.45) is 11.8 Å². The van der Waals surface area contributed by atoms with Crippen LogP contribution in [0.2, 0.25) is 0 Å². The van der Waals surface area contributed by atoms with Crippen molar-refractivity contribution in [3.8, 4) is 5.75 Å². The molecule has 1 heterocycles. The maximum Gasteiger partial charge on any atom is 0.225 e. The van der Waals surface area contributed by atoms with Crippen molar-refractivity contribution in [1.82, 2.24) is 10.2 Å². The van der Waals surface area contributed by atoms with Crippen LogP contribution in [0.1, 0.15) is 49.3 Å². The van der Waals surface area contributed by atoms with E-state index in [9.17, 15) is 14.7 Å². The molecule has 5 nitrogen and oxygen atoms in total. The monoisotopic (exact) mass is 328 g/mol. The van der Waals surface area contributed by atoms with Crippen LogP contribution in [0.3, 0.4) is 0 Å². The van der Waals surface area contributed by atoms with Crippen molar-refractivity contribution in [2.75, 3.05) is 13.1 Å². The lowest BCUT2D eigenvalue weighted by molar-refractivity contribution is -0.137. The first-order valence-corrected chi connectivity index (χ1v) is 9.03. The first kappa shape index (κ1) is 15.5. The summed E-state index contributed by atoms with van der Waals surface area (Å²) < 4.78 is 0. The zero-order valence-electron chi connectivity index (χ0n) is 13.8. The third-order valence-electron chi connectivity index (χ3n) is 5.59. The third-order valence-corrected chi connectivity index (χ3v) is 5.59. The number of carbonyl (C=O) groups excluding carboxylic acids is 2. The summed E-state index contributed by atoms with van der Waals surface area (Å²) in [5.41, 5.74) is 1.99. The fourth-order valence-corrected chi connectivity index (χ4v) is 4.05. The van der Waals surface area contributed by atoms with Crippen LogP contribution >= 0.6 is 0 Å². The Labute approximate surface area is 142 Å². The number of piperidine rings is 1. The third kappa shape index (κ3) is 2.87. The summed E-state index contributed by atoms with van der Waals surface area (Å²) in [7, 11) is 0. The van der Waals surface area contributed by atoms with E-state index in [1.807, 2.05) is 17.0 Å². The molecule has 1 saturated heterocycles. The van der Waals surface area contributed by atoms with E-state index in [0.717, 1.165) is 56.2 Å². The minimum atomic E-state index is -0.109. The first-order valence-electron chi connectivity index (χ1n) is 9.03. The molecule has 1 saturated carbocycles. The Hall–Kier alpha value is -2.04. The molecule has 4 rings (SSSR count). The molecule has 2 amide bonds. The summed E-state index contributed by atoms with van der Waals surface area (Å²) in [6.45, 7) is 1.35. The molecule has 2 atom stereocenters. The second kappa shape index (κ2) is 6.11. The molecule has 0 radical (unpaired) electrons. The molecular weight excluding hydrogens is 304 g/mol. The number of carbonyl (C=O) groups is 2. The second-order valence-corrected chi connectivity index (χ2v) is 7.34. The maximum absolute atomic E-state index is 12.7. The lowest BCUT2D eigenvalue weighted by Gasteiger charge is -2.33. The largest absolute Gasteiger partial charge is 0.508 e. The number of hydrogen-bond acceptors (Lipinski definition) is 3. The summed E-state index contributed by atoms with van der Waals surface area (Å²) in [6, 6.07) is 5.49. The van der Waals surface area contributed by atoms with Crippen LogP contribution in [0.4, 0.5) is 0 Å². The van der Waals surface area contributed by atoms with Crippen LogP contribution in [-0.4, -0.2) is 34.9 Å². The quantitative estimate of drug-likeness (QED) is 0.893. The van der Waals surface area contributed by atoms with Crippen molar-refractivity contribution < 1.29 is 14.7 Å². The Balaban J connectivity index is 1.40. The van der Waals surface area contributed by atoms with Gasteiger partial charge in [-0.2, -0.15) is 0 Å². The average Bonchev–Trinajstić information content (AvgIpc) is 3.37. The van der Waals surface area contributed by atoms with Gasteiger partial charge in [0.2, 0.25) is 11.8 Å². The second-order valence-electron chi connectivity index (χ2n) is 7.34. The summed E-state index contributed by atoms with van der Waals surface area (Å²) in [5, 5.41) is 13.1. The van der Waals surface area contributed by atoms with Gasteiger partial charge in [-0.1, -0.05) is 12.1 Å². The minimum absolute atomic E-state index is 0.0193. The fourth-order valence-electron chi connectivity index (χ4n) is 4.05. The standard InChI is InChI=1S/C19H24N2O3/c22-17-5-1-4-14-15(17)8-9-16(14)20-18(23)13-3-2-10-21(11-13)19(24)12-6-7-12/h1,4-5,12-13,16,22H,2-3,6-11H2,(H,20,23)/t13-,16-/m1/s1. The number of hydrogen-bond donors (Lipinski definition) is 2. The van der Waals surface area contributed by atoms with Crippen molar-refractivity contribution in [2.45, 2.75) is 44.6 Å². The number of benzene rings is 1. The van der Waals surface area contributed by atoms with Gasteiger partial charge >= 0.3 is 0 Å². The average molecular weight is 328 g/mol. The molecule has 3 aliphatic rings. The van der Waals surface area contributed by atoms with E-state index < -0.39 is 0 Å². The smallest absolute Gasteiger partial charge is 0.225 e. The molecule has 0 aromatic heterocycles. The van der Waals surface area contributed by atoms with Gasteiger partial charge in [0, 0.05) is 19.0 Å². The molecule has 0 bridgehead atoms. The number of rotatable bonds is 3. The summed E-state index contributed by atoms with van der Waals surface area (Å²) in [5.74, 6) is 0.718. The van der Waals surface area contributed by atoms with Gasteiger partial charge in [0.15, 0.2) is 0 Å². The predicted molar refractivity (Wildman–Crippen MR) is 89.3 cm³/mol. The lowest BCUT2D eigenvalue weighted by atomic mass is 9.96. The Morgan fingerprint density at radius 3 is 2.75 bits per heavy atom. The van der Waals surface area contributed by atoms with Gasteiger partial charge in [0.1, 0.15) is 5.75 Å². The lowest BCUT2D eigenvalue weighted by Crippen LogP contribution is -2.46. The van der Waals surface area contributed by atoms with Crippen LogP contribution in [0.5, 0.6) is 5.75 Å². The van der Waals surface area contributed by atoms with E-state index in [1.54, 1.807) is 6.07 Å². The van der Waals surface area contributed by atoms with Gasteiger partial charge in [-0.3, -0.25) is 9.59 Å². The Kier molecular flexibility index (Phi) is 3.94. The highest BCUT2D eigenvalue weighted by atomic mass is 16.3. The molecule has 1 aliphatic heterocycles. The van der Waals surface area contributed by atoms with Crippen LogP contribution in [0.25, 0.3) is 0 Å². The Morgan fingerprint density at radius 1 is 1.12 bits per heavy atom. The van der Waals surface area contributed by atoms with E-state index >= 15 is 0 Å². The summed E-state index contributed by atoms with van der Waals surface area (Å²) in [6.07, 6.45) is 5.39. The van der Waals surface area contributed by atoms with Gasteiger partial charge < -0.3 is 15.3 Å². The van der Waals surface area contributed by atoms with E-state index in [2.05, 4.69) is 5.32 Å². The Bertz CT molecular complexity index is 669. The highest BCUT2D eigenvalue weighted by Gasteiger charge is 2.37. The van der Waals surface area contributed by atoms with Gasteiger partial charge in [-0.25, -0.2) is 0 Å². The number of nitrogens with one attached hydrogen (secondary N) is 1. The van der Waals surface area contributed by atoms with E-state index in [4.69, 9.17) is 0 Å². The fraction of sp³-hybridized carbons (Fsp3) is 0.579. The van der Waals surface area contributed by atoms with Crippen molar-refractivity contribution in [1.29, 1.82) is 0 Å². The topological polar surface area (TPSA) is 69.6 Å². The predicted octanol–water partition coefficient (Wildman–Crippen LogP) is 2.14. The summed E-state index contributed by atoms with van der Waals surface area (Å²) in [4.78, 5) is 26.8. The molecule has 0 spiro atoms. The highest BCUT2D eigenvalue weighted by Crippen LogP contribution is 2.37. The number of amides is 2. The van der Waals surface area contributed by atoms with Gasteiger partial charge in [-0.05, 0) is 55.7 Å². The zero-order valence-corrected chi connectivity index (χ0v) is 13.8. The SMILES string of the molecule is O=C(N[C@@H]1CCc2c(O)cccc21)[C@@H]1CCCN(C(=O)C2CC2)C1. The van der Waals surface area contributed by atoms with Crippen molar-refractivity contribution in [3.05, 3.63) is 29.3 Å². The first-order chi connectivity index (χ1) is 11.6. The van der Waals surface area contributed by atoms with Crippen LogP contribution < -0.4 is 5.32 Å². The molecule has 1 aromatic rings. The molecule has 0 unspecified atom stereocenters. The summed E-state index contributed by atoms with van der Waals surface area (Å²) >= 11 is 0. The van der Waals surface area contributed by atoms with E-state index in [-0.39, 0.29) is 29.7 Å². The molecule has 2 aliphatic carbocycles.